The van der Waals surface area contributed by atoms with Crippen LogP contribution in [0, 0.1) is 6.92 Å². The SMILES string of the molecule is CCN(CC)C(=O)c1cc(NCCOc2ccc(OC)cc2)nc(C)n1. The molecule has 0 saturated carbocycles. The van der Waals surface area contributed by atoms with Crippen molar-refractivity contribution in [2.24, 2.45) is 0 Å². The molecule has 7 heteroatoms. The van der Waals surface area contributed by atoms with Crippen LogP contribution >= 0.6 is 0 Å². The molecule has 7 nitrogen and oxygen atoms in total. The van der Waals surface area contributed by atoms with Gasteiger partial charge in [0.15, 0.2) is 0 Å². The summed E-state index contributed by atoms with van der Waals surface area (Å²) in [7, 11) is 1.63. The molecule has 0 aliphatic heterocycles. The zero-order valence-electron chi connectivity index (χ0n) is 15.8. The molecule has 0 aliphatic carbocycles. The summed E-state index contributed by atoms with van der Waals surface area (Å²) in [5.74, 6) is 2.65. The van der Waals surface area contributed by atoms with Crippen molar-refractivity contribution in [3.05, 3.63) is 41.9 Å². The molecule has 0 spiro atoms. The lowest BCUT2D eigenvalue weighted by Gasteiger charge is -2.18. The van der Waals surface area contributed by atoms with Crippen molar-refractivity contribution >= 4 is 11.7 Å². The fraction of sp³-hybridized carbons (Fsp3) is 0.421. The van der Waals surface area contributed by atoms with E-state index in [1.165, 1.54) is 0 Å². The Morgan fingerprint density at radius 1 is 1.12 bits per heavy atom. The van der Waals surface area contributed by atoms with Gasteiger partial charge in [-0.3, -0.25) is 4.79 Å². The number of aryl methyl sites for hydroxylation is 1. The lowest BCUT2D eigenvalue weighted by Crippen LogP contribution is -2.31. The van der Waals surface area contributed by atoms with Gasteiger partial charge in [-0.15, -0.1) is 0 Å². The highest BCUT2D eigenvalue weighted by Crippen LogP contribution is 2.17. The van der Waals surface area contributed by atoms with E-state index in [0.717, 1.165) is 11.5 Å². The lowest BCUT2D eigenvalue weighted by atomic mass is 10.3. The number of carbonyl (C=O) groups is 1. The Morgan fingerprint density at radius 3 is 2.38 bits per heavy atom. The third kappa shape index (κ3) is 5.34. The van der Waals surface area contributed by atoms with Gasteiger partial charge in [0.1, 0.15) is 35.4 Å². The predicted octanol–water partition coefficient (Wildman–Crippen LogP) is 2.77. The van der Waals surface area contributed by atoms with Crippen LogP contribution in [-0.4, -0.2) is 54.1 Å². The van der Waals surface area contributed by atoms with Gasteiger partial charge in [0.2, 0.25) is 0 Å². The fourth-order valence-corrected chi connectivity index (χ4v) is 2.46. The summed E-state index contributed by atoms with van der Waals surface area (Å²) in [6.07, 6.45) is 0. The van der Waals surface area contributed by atoms with Gasteiger partial charge >= 0.3 is 0 Å². The Morgan fingerprint density at radius 2 is 1.77 bits per heavy atom. The summed E-state index contributed by atoms with van der Waals surface area (Å²) >= 11 is 0. The normalized spacial score (nSPS) is 10.3. The Labute approximate surface area is 154 Å². The number of nitrogens with zero attached hydrogens (tertiary/aromatic N) is 3. The second-order valence-electron chi connectivity index (χ2n) is 5.61. The number of benzene rings is 1. The molecule has 0 radical (unpaired) electrons. The molecule has 1 heterocycles. The van der Waals surface area contributed by atoms with Crippen LogP contribution in [0.15, 0.2) is 30.3 Å². The standard InChI is InChI=1S/C19H26N4O3/c1-5-23(6-2)19(24)17-13-18(22-14(3)21-17)20-11-12-26-16-9-7-15(25-4)8-10-16/h7-10,13H,5-6,11-12H2,1-4H3,(H,20,21,22). The minimum absolute atomic E-state index is 0.0852. The number of aromatic nitrogens is 2. The van der Waals surface area contributed by atoms with E-state index in [9.17, 15) is 4.79 Å². The van der Waals surface area contributed by atoms with E-state index in [-0.39, 0.29) is 5.91 Å². The van der Waals surface area contributed by atoms with Crippen LogP contribution in [0.3, 0.4) is 0 Å². The van der Waals surface area contributed by atoms with Gasteiger partial charge in [-0.1, -0.05) is 0 Å². The molecule has 0 fully saturated rings. The molecule has 26 heavy (non-hydrogen) atoms. The van der Waals surface area contributed by atoms with Crippen LogP contribution in [0.2, 0.25) is 0 Å². The first-order valence-corrected chi connectivity index (χ1v) is 8.73. The molecular formula is C19H26N4O3. The number of nitrogens with one attached hydrogen (secondary N) is 1. The first-order chi connectivity index (χ1) is 12.6. The summed E-state index contributed by atoms with van der Waals surface area (Å²) in [6, 6.07) is 9.09. The maximum atomic E-state index is 12.5. The number of rotatable bonds is 9. The second kappa shape index (κ2) is 9.60. The monoisotopic (exact) mass is 358 g/mol. The van der Waals surface area contributed by atoms with Gasteiger partial charge in [0.05, 0.1) is 13.7 Å². The summed E-state index contributed by atoms with van der Waals surface area (Å²) in [5, 5.41) is 3.18. The van der Waals surface area contributed by atoms with E-state index in [1.54, 1.807) is 25.0 Å². The number of hydrogen-bond donors (Lipinski definition) is 1. The zero-order chi connectivity index (χ0) is 18.9. The van der Waals surface area contributed by atoms with Gasteiger partial charge in [-0.2, -0.15) is 0 Å². The number of anilines is 1. The minimum atomic E-state index is -0.0852. The van der Waals surface area contributed by atoms with Crippen molar-refractivity contribution in [2.45, 2.75) is 20.8 Å². The van der Waals surface area contributed by atoms with Crippen LogP contribution in [-0.2, 0) is 0 Å². The first-order valence-electron chi connectivity index (χ1n) is 8.73. The number of ether oxygens (including phenoxy) is 2. The average Bonchev–Trinajstić information content (AvgIpc) is 2.66. The first kappa shape index (κ1) is 19.5. The number of amides is 1. The van der Waals surface area contributed by atoms with Gasteiger partial charge in [-0.05, 0) is 45.0 Å². The van der Waals surface area contributed by atoms with Crippen LogP contribution in [0.25, 0.3) is 0 Å². The summed E-state index contributed by atoms with van der Waals surface area (Å²) in [4.78, 5) is 22.8. The molecule has 0 bridgehead atoms. The number of methoxy groups -OCH3 is 1. The summed E-state index contributed by atoms with van der Waals surface area (Å²) in [5.41, 5.74) is 0.403. The van der Waals surface area contributed by atoms with Gasteiger partial charge < -0.3 is 19.7 Å². The Bertz CT molecular complexity index is 715. The van der Waals surface area contributed by atoms with Crippen LogP contribution in [0.5, 0.6) is 11.5 Å². The second-order valence-corrected chi connectivity index (χ2v) is 5.61. The van der Waals surface area contributed by atoms with Crippen molar-refractivity contribution in [3.63, 3.8) is 0 Å². The molecule has 0 atom stereocenters. The van der Waals surface area contributed by atoms with Crippen molar-refractivity contribution in [2.75, 3.05) is 38.7 Å². The molecule has 0 aliphatic rings. The minimum Gasteiger partial charge on any atom is -0.497 e. The van der Waals surface area contributed by atoms with Crippen molar-refractivity contribution in [1.29, 1.82) is 0 Å². The molecule has 0 unspecified atom stereocenters. The maximum absolute atomic E-state index is 12.5. The smallest absolute Gasteiger partial charge is 0.272 e. The maximum Gasteiger partial charge on any atom is 0.272 e. The Hall–Kier alpha value is -2.83. The average molecular weight is 358 g/mol. The van der Waals surface area contributed by atoms with Crippen molar-refractivity contribution in [1.82, 2.24) is 14.9 Å². The lowest BCUT2D eigenvalue weighted by molar-refractivity contribution is 0.0766. The Kier molecular flexibility index (Phi) is 7.20. The third-order valence-corrected chi connectivity index (χ3v) is 3.84. The highest BCUT2D eigenvalue weighted by atomic mass is 16.5. The highest BCUT2D eigenvalue weighted by Gasteiger charge is 2.15. The topological polar surface area (TPSA) is 76.6 Å². The number of carbonyl (C=O) groups excluding carboxylic acids is 1. The summed E-state index contributed by atoms with van der Waals surface area (Å²) < 4.78 is 10.8. The van der Waals surface area contributed by atoms with E-state index < -0.39 is 0 Å². The zero-order valence-corrected chi connectivity index (χ0v) is 15.8. The van der Waals surface area contributed by atoms with E-state index in [2.05, 4.69) is 15.3 Å². The molecule has 2 aromatic rings. The fourth-order valence-electron chi connectivity index (χ4n) is 2.46. The van der Waals surface area contributed by atoms with E-state index in [1.807, 2.05) is 38.1 Å². The van der Waals surface area contributed by atoms with Crippen LogP contribution < -0.4 is 14.8 Å². The van der Waals surface area contributed by atoms with Crippen molar-refractivity contribution in [3.8, 4) is 11.5 Å². The largest absolute Gasteiger partial charge is 0.497 e. The molecule has 1 aromatic heterocycles. The van der Waals surface area contributed by atoms with E-state index >= 15 is 0 Å². The van der Waals surface area contributed by atoms with E-state index in [4.69, 9.17) is 9.47 Å². The summed E-state index contributed by atoms with van der Waals surface area (Å²) in [6.45, 7) is 8.00. The van der Waals surface area contributed by atoms with Gasteiger partial charge in [0, 0.05) is 19.2 Å². The van der Waals surface area contributed by atoms with Gasteiger partial charge in [0.25, 0.3) is 5.91 Å². The highest BCUT2D eigenvalue weighted by molar-refractivity contribution is 5.93. The molecule has 140 valence electrons. The van der Waals surface area contributed by atoms with Crippen LogP contribution in [0.1, 0.15) is 30.2 Å². The third-order valence-electron chi connectivity index (χ3n) is 3.84. The quantitative estimate of drug-likeness (QED) is 0.695. The predicted molar refractivity (Wildman–Crippen MR) is 101 cm³/mol. The van der Waals surface area contributed by atoms with E-state index in [0.29, 0.717) is 43.6 Å². The molecular weight excluding hydrogens is 332 g/mol. The van der Waals surface area contributed by atoms with Crippen molar-refractivity contribution < 1.29 is 14.3 Å². The molecule has 0 saturated heterocycles. The molecule has 1 aromatic carbocycles. The van der Waals surface area contributed by atoms with Gasteiger partial charge in [-0.25, -0.2) is 9.97 Å². The molecule has 1 N–H and O–H groups in total. The molecule has 2 rings (SSSR count). The van der Waals surface area contributed by atoms with Crippen LogP contribution in [0.4, 0.5) is 5.82 Å². The Balaban J connectivity index is 1.91. The number of hydrogen-bond acceptors (Lipinski definition) is 6. The molecule has 1 amide bonds.